The molecule has 1 aromatic carbocycles. The number of alkyl halides is 3. The normalized spacial score (nSPS) is 11.3. The molecular formula is C18H14F3N3O2S2. The summed E-state index contributed by atoms with van der Waals surface area (Å²) in [4.78, 5) is 29.3. The van der Waals surface area contributed by atoms with Crippen LogP contribution in [0, 0.1) is 0 Å². The molecule has 0 aliphatic heterocycles. The third-order valence-electron chi connectivity index (χ3n) is 3.63. The van der Waals surface area contributed by atoms with Gasteiger partial charge >= 0.3 is 6.18 Å². The lowest BCUT2D eigenvalue weighted by Gasteiger charge is -2.11. The van der Waals surface area contributed by atoms with Gasteiger partial charge in [-0.05, 0) is 24.3 Å². The fourth-order valence-corrected chi connectivity index (χ4v) is 4.05. The Morgan fingerprint density at radius 3 is 2.61 bits per heavy atom. The van der Waals surface area contributed by atoms with E-state index in [9.17, 15) is 22.8 Å². The lowest BCUT2D eigenvalue weighted by atomic mass is 10.1. The van der Waals surface area contributed by atoms with Crippen LogP contribution in [0.25, 0.3) is 10.6 Å². The number of thiophene rings is 1. The highest BCUT2D eigenvalue weighted by atomic mass is 32.1. The minimum absolute atomic E-state index is 0.132. The van der Waals surface area contributed by atoms with Crippen LogP contribution in [0.3, 0.4) is 0 Å². The van der Waals surface area contributed by atoms with Crippen LogP contribution in [0.4, 0.5) is 18.3 Å². The molecule has 0 aliphatic carbocycles. The number of aromatic nitrogens is 1. The first-order valence-electron chi connectivity index (χ1n) is 8.00. The average molecular weight is 425 g/mol. The number of benzene rings is 1. The zero-order valence-electron chi connectivity index (χ0n) is 14.5. The van der Waals surface area contributed by atoms with E-state index < -0.39 is 23.2 Å². The second-order valence-corrected chi connectivity index (χ2v) is 7.74. The predicted octanol–water partition coefficient (Wildman–Crippen LogP) is 4.78. The summed E-state index contributed by atoms with van der Waals surface area (Å²) in [7, 11) is 0. The lowest BCUT2D eigenvalue weighted by Crippen LogP contribution is -2.18. The summed E-state index contributed by atoms with van der Waals surface area (Å²) in [6.07, 6.45) is -4.62. The van der Waals surface area contributed by atoms with Crippen LogP contribution < -0.4 is 10.6 Å². The van der Waals surface area contributed by atoms with E-state index in [0.29, 0.717) is 12.2 Å². The highest BCUT2D eigenvalue weighted by Gasteiger charge is 2.35. The number of halogens is 3. The average Bonchev–Trinajstić information content (AvgIpc) is 3.28. The maximum Gasteiger partial charge on any atom is 0.417 e. The second-order valence-electron chi connectivity index (χ2n) is 5.71. The monoisotopic (exact) mass is 425 g/mol. The van der Waals surface area contributed by atoms with Crippen molar-refractivity contribution in [3.63, 3.8) is 0 Å². The number of carbonyl (C=O) groups excluding carboxylic acids is 2. The number of nitrogens with zero attached hydrogens (tertiary/aromatic N) is 1. The van der Waals surface area contributed by atoms with Crippen LogP contribution in [0.2, 0.25) is 0 Å². The van der Waals surface area contributed by atoms with Crippen molar-refractivity contribution in [2.75, 3.05) is 5.32 Å². The zero-order valence-corrected chi connectivity index (χ0v) is 16.1. The summed E-state index contributed by atoms with van der Waals surface area (Å²) in [5.74, 6) is -1.00. The van der Waals surface area contributed by atoms with Crippen molar-refractivity contribution in [3.8, 4) is 10.6 Å². The number of thiazole rings is 1. The Balaban J connectivity index is 1.74. The van der Waals surface area contributed by atoms with E-state index in [-0.39, 0.29) is 11.0 Å². The predicted molar refractivity (Wildman–Crippen MR) is 102 cm³/mol. The van der Waals surface area contributed by atoms with Crippen molar-refractivity contribution in [2.45, 2.75) is 19.6 Å². The van der Waals surface area contributed by atoms with Crippen LogP contribution in [0.1, 0.15) is 27.7 Å². The molecule has 0 bridgehead atoms. The number of hydrogen-bond acceptors (Lipinski definition) is 5. The number of rotatable bonds is 5. The van der Waals surface area contributed by atoms with Crippen LogP contribution >= 0.6 is 22.7 Å². The molecule has 2 aromatic heterocycles. The Bertz CT molecular complexity index is 1010. The van der Waals surface area contributed by atoms with Crippen molar-refractivity contribution in [1.82, 2.24) is 10.3 Å². The number of carbonyl (C=O) groups is 2. The van der Waals surface area contributed by atoms with Gasteiger partial charge in [0.15, 0.2) is 5.13 Å². The van der Waals surface area contributed by atoms with E-state index in [1.165, 1.54) is 30.4 Å². The molecule has 10 heteroatoms. The zero-order chi connectivity index (χ0) is 20.3. The van der Waals surface area contributed by atoms with Gasteiger partial charge in [0.05, 0.1) is 28.2 Å². The SMILES string of the molecule is CC(=O)NCc1ccc(-c2csc(NC(=O)c3ccccc3C(F)(F)F)n2)s1. The molecule has 2 N–H and O–H groups in total. The van der Waals surface area contributed by atoms with Gasteiger partial charge < -0.3 is 5.32 Å². The molecule has 0 radical (unpaired) electrons. The van der Waals surface area contributed by atoms with Gasteiger partial charge in [0.1, 0.15) is 0 Å². The Labute approximate surface area is 166 Å². The molecule has 5 nitrogen and oxygen atoms in total. The van der Waals surface area contributed by atoms with Crippen LogP contribution in [0.15, 0.2) is 41.8 Å². The van der Waals surface area contributed by atoms with Gasteiger partial charge in [-0.1, -0.05) is 12.1 Å². The van der Waals surface area contributed by atoms with Crippen LogP contribution in [-0.4, -0.2) is 16.8 Å². The maximum atomic E-state index is 13.1. The van der Waals surface area contributed by atoms with Crippen LogP contribution in [-0.2, 0) is 17.5 Å². The Morgan fingerprint density at radius 1 is 1.14 bits per heavy atom. The Hall–Kier alpha value is -2.72. The third-order valence-corrected chi connectivity index (χ3v) is 5.49. The summed E-state index contributed by atoms with van der Waals surface area (Å²) in [6.45, 7) is 1.84. The van der Waals surface area contributed by atoms with Gasteiger partial charge in [-0.3, -0.25) is 14.9 Å². The molecule has 3 rings (SSSR count). The molecule has 0 fully saturated rings. The molecule has 0 atom stereocenters. The number of nitrogens with one attached hydrogen (secondary N) is 2. The van der Waals surface area contributed by atoms with Crippen molar-refractivity contribution < 1.29 is 22.8 Å². The number of amides is 2. The summed E-state index contributed by atoms with van der Waals surface area (Å²) < 4.78 is 39.2. The molecule has 28 heavy (non-hydrogen) atoms. The topological polar surface area (TPSA) is 71.1 Å². The molecular weight excluding hydrogens is 411 g/mol. The standard InChI is InChI=1S/C18H14F3N3O2S2/c1-10(25)22-8-11-6-7-15(28-11)14-9-27-17(23-14)24-16(26)12-4-2-3-5-13(12)18(19,20)21/h2-7,9H,8H2,1H3,(H,22,25)(H,23,24,26). The third kappa shape index (κ3) is 4.76. The van der Waals surface area contributed by atoms with Crippen LogP contribution in [0.5, 0.6) is 0 Å². The van der Waals surface area contributed by atoms with Gasteiger partial charge in [0.2, 0.25) is 5.91 Å². The Kier molecular flexibility index (Phi) is 5.80. The van der Waals surface area contributed by atoms with Crippen molar-refractivity contribution in [3.05, 3.63) is 57.8 Å². The highest BCUT2D eigenvalue weighted by Crippen LogP contribution is 2.33. The number of hydrogen-bond donors (Lipinski definition) is 2. The summed E-state index contributed by atoms with van der Waals surface area (Å²) in [5, 5.41) is 7.03. The lowest BCUT2D eigenvalue weighted by molar-refractivity contribution is -0.137. The largest absolute Gasteiger partial charge is 0.417 e. The van der Waals surface area contributed by atoms with E-state index in [0.717, 1.165) is 33.2 Å². The highest BCUT2D eigenvalue weighted by molar-refractivity contribution is 7.17. The molecule has 2 heterocycles. The maximum absolute atomic E-state index is 13.1. The second kappa shape index (κ2) is 8.11. The molecule has 0 saturated heterocycles. The summed E-state index contributed by atoms with van der Waals surface area (Å²) >= 11 is 2.55. The fourth-order valence-electron chi connectivity index (χ4n) is 2.36. The summed E-state index contributed by atoms with van der Waals surface area (Å²) in [5.41, 5.74) is -0.853. The first-order chi connectivity index (χ1) is 13.2. The van der Waals surface area contributed by atoms with Gasteiger partial charge in [-0.25, -0.2) is 4.98 Å². The van der Waals surface area contributed by atoms with E-state index in [2.05, 4.69) is 15.6 Å². The first kappa shape index (κ1) is 20.0. The molecule has 0 aliphatic rings. The van der Waals surface area contributed by atoms with Gasteiger partial charge in [-0.15, -0.1) is 22.7 Å². The van der Waals surface area contributed by atoms with Gasteiger partial charge in [0.25, 0.3) is 5.91 Å². The van der Waals surface area contributed by atoms with E-state index in [1.807, 2.05) is 12.1 Å². The minimum Gasteiger partial charge on any atom is -0.351 e. The van der Waals surface area contributed by atoms with Gasteiger partial charge in [-0.2, -0.15) is 13.2 Å². The molecule has 0 spiro atoms. The molecule has 0 saturated carbocycles. The van der Waals surface area contributed by atoms with E-state index >= 15 is 0 Å². The number of anilines is 1. The molecule has 3 aromatic rings. The quantitative estimate of drug-likeness (QED) is 0.618. The van der Waals surface area contributed by atoms with E-state index in [1.54, 1.807) is 5.38 Å². The molecule has 146 valence electrons. The first-order valence-corrected chi connectivity index (χ1v) is 9.70. The van der Waals surface area contributed by atoms with Gasteiger partial charge in [0, 0.05) is 17.2 Å². The fraction of sp³-hybridized carbons (Fsp3) is 0.167. The van der Waals surface area contributed by atoms with E-state index in [4.69, 9.17) is 0 Å². The molecule has 2 amide bonds. The summed E-state index contributed by atoms with van der Waals surface area (Å²) in [6, 6.07) is 8.29. The smallest absolute Gasteiger partial charge is 0.351 e. The molecule has 0 unspecified atom stereocenters. The van der Waals surface area contributed by atoms with Crippen molar-refractivity contribution >= 4 is 39.6 Å². The van der Waals surface area contributed by atoms with Crippen molar-refractivity contribution in [1.29, 1.82) is 0 Å². The van der Waals surface area contributed by atoms with Crippen molar-refractivity contribution in [2.24, 2.45) is 0 Å². The Morgan fingerprint density at radius 2 is 1.89 bits per heavy atom. The minimum atomic E-state index is -4.62.